The summed E-state index contributed by atoms with van der Waals surface area (Å²) in [7, 11) is 0. The molecule has 0 bridgehead atoms. The maximum Gasteiger partial charge on any atom is 0.238 e. The molecular formula is C20H29N5O. The Balaban J connectivity index is 1.59. The Kier molecular flexibility index (Phi) is 6.06. The zero-order valence-corrected chi connectivity index (χ0v) is 15.9. The van der Waals surface area contributed by atoms with Crippen LogP contribution in [-0.4, -0.2) is 27.8 Å². The van der Waals surface area contributed by atoms with Crippen molar-refractivity contribution in [3.8, 4) is 0 Å². The fourth-order valence-electron chi connectivity index (χ4n) is 3.53. The summed E-state index contributed by atoms with van der Waals surface area (Å²) in [6, 6.07) is 10.5. The van der Waals surface area contributed by atoms with Crippen LogP contribution >= 0.6 is 0 Å². The van der Waals surface area contributed by atoms with Gasteiger partial charge in [0.15, 0.2) is 0 Å². The first-order chi connectivity index (χ1) is 12.6. The first-order valence-corrected chi connectivity index (χ1v) is 9.44. The third-order valence-corrected chi connectivity index (χ3v) is 5.08. The molecule has 0 spiro atoms. The van der Waals surface area contributed by atoms with E-state index in [2.05, 4.69) is 47.2 Å². The second-order valence-corrected chi connectivity index (χ2v) is 7.07. The Labute approximate surface area is 155 Å². The Bertz CT molecular complexity index is 740. The smallest absolute Gasteiger partial charge is 0.238 e. The molecule has 6 nitrogen and oxygen atoms in total. The van der Waals surface area contributed by atoms with Crippen molar-refractivity contribution in [2.24, 2.45) is 0 Å². The number of amides is 1. The predicted octanol–water partition coefficient (Wildman–Crippen LogP) is 2.20. The quantitative estimate of drug-likeness (QED) is 0.712. The van der Waals surface area contributed by atoms with Crippen LogP contribution in [-0.2, 0) is 17.9 Å². The second-order valence-electron chi connectivity index (χ2n) is 7.07. The predicted molar refractivity (Wildman–Crippen MR) is 102 cm³/mol. The molecule has 1 aromatic carbocycles. The average molecular weight is 355 g/mol. The van der Waals surface area contributed by atoms with Crippen molar-refractivity contribution < 1.29 is 4.79 Å². The van der Waals surface area contributed by atoms with E-state index in [1.54, 1.807) is 0 Å². The van der Waals surface area contributed by atoms with Crippen molar-refractivity contribution in [2.75, 3.05) is 0 Å². The standard InChI is InChI=1S/C20H29N5O/c1-4-8-17-11-19(23-22-17)20(26)21-12-18-14(2)24-25(15(18)3)13-16-9-6-5-7-10-16/h5-7,9-10,17,19,22-23H,4,8,11-13H2,1-3H3,(H,21,26). The lowest BCUT2D eigenvalue weighted by Gasteiger charge is -2.11. The summed E-state index contributed by atoms with van der Waals surface area (Å²) in [5.74, 6) is 0.0470. The van der Waals surface area contributed by atoms with Gasteiger partial charge < -0.3 is 5.32 Å². The van der Waals surface area contributed by atoms with E-state index >= 15 is 0 Å². The molecule has 2 aromatic rings. The van der Waals surface area contributed by atoms with E-state index in [0.717, 1.165) is 42.8 Å². The molecular weight excluding hydrogens is 326 g/mol. The minimum absolute atomic E-state index is 0.0470. The Morgan fingerprint density at radius 1 is 1.27 bits per heavy atom. The van der Waals surface area contributed by atoms with Crippen LogP contribution in [0.2, 0.25) is 0 Å². The van der Waals surface area contributed by atoms with Gasteiger partial charge in [-0.25, -0.2) is 5.43 Å². The van der Waals surface area contributed by atoms with E-state index in [9.17, 15) is 4.79 Å². The van der Waals surface area contributed by atoms with E-state index in [-0.39, 0.29) is 11.9 Å². The van der Waals surface area contributed by atoms with Gasteiger partial charge in [0.25, 0.3) is 0 Å². The molecule has 1 fully saturated rings. The first-order valence-electron chi connectivity index (χ1n) is 9.44. The normalized spacial score (nSPS) is 19.7. The number of rotatable bonds is 7. The number of hydrogen-bond acceptors (Lipinski definition) is 4. The van der Waals surface area contributed by atoms with Gasteiger partial charge in [0.05, 0.1) is 12.2 Å². The minimum atomic E-state index is -0.161. The van der Waals surface area contributed by atoms with Crippen molar-refractivity contribution in [3.05, 3.63) is 52.8 Å². The molecule has 2 heterocycles. The van der Waals surface area contributed by atoms with Crippen LogP contribution in [0, 0.1) is 13.8 Å². The van der Waals surface area contributed by atoms with Gasteiger partial charge in [-0.05, 0) is 32.3 Å². The zero-order chi connectivity index (χ0) is 18.5. The van der Waals surface area contributed by atoms with Gasteiger partial charge in [0.1, 0.15) is 6.04 Å². The largest absolute Gasteiger partial charge is 0.350 e. The zero-order valence-electron chi connectivity index (χ0n) is 15.9. The van der Waals surface area contributed by atoms with Gasteiger partial charge in [0.2, 0.25) is 5.91 Å². The Morgan fingerprint density at radius 2 is 2.04 bits per heavy atom. The van der Waals surface area contributed by atoms with Crippen LogP contribution in [0.4, 0.5) is 0 Å². The number of benzene rings is 1. The van der Waals surface area contributed by atoms with Crippen molar-refractivity contribution in [1.29, 1.82) is 0 Å². The SMILES string of the molecule is CCCC1CC(C(=O)NCc2c(C)nn(Cc3ccccc3)c2C)NN1. The molecule has 0 radical (unpaired) electrons. The highest BCUT2D eigenvalue weighted by molar-refractivity contribution is 5.82. The summed E-state index contributed by atoms with van der Waals surface area (Å²) in [6.45, 7) is 7.49. The van der Waals surface area contributed by atoms with Crippen LogP contribution < -0.4 is 16.2 Å². The van der Waals surface area contributed by atoms with Gasteiger partial charge in [-0.3, -0.25) is 14.9 Å². The molecule has 2 unspecified atom stereocenters. The number of nitrogens with one attached hydrogen (secondary N) is 3. The number of hydrogen-bond donors (Lipinski definition) is 3. The van der Waals surface area contributed by atoms with Crippen LogP contribution in [0.15, 0.2) is 30.3 Å². The summed E-state index contributed by atoms with van der Waals surface area (Å²) in [5, 5.41) is 7.72. The van der Waals surface area contributed by atoms with E-state index in [1.165, 1.54) is 5.56 Å². The maximum absolute atomic E-state index is 12.4. The van der Waals surface area contributed by atoms with Crippen LogP contribution in [0.5, 0.6) is 0 Å². The van der Waals surface area contributed by atoms with Gasteiger partial charge in [-0.1, -0.05) is 43.7 Å². The lowest BCUT2D eigenvalue weighted by molar-refractivity contribution is -0.123. The van der Waals surface area contributed by atoms with Crippen LogP contribution in [0.1, 0.15) is 48.7 Å². The third-order valence-electron chi connectivity index (χ3n) is 5.08. The van der Waals surface area contributed by atoms with Gasteiger partial charge >= 0.3 is 0 Å². The lowest BCUT2D eigenvalue weighted by atomic mass is 10.1. The second kappa shape index (κ2) is 8.47. The molecule has 1 aliphatic heterocycles. The highest BCUT2D eigenvalue weighted by Gasteiger charge is 2.28. The molecule has 1 saturated heterocycles. The van der Waals surface area contributed by atoms with Gasteiger partial charge in [0, 0.05) is 23.8 Å². The molecule has 1 amide bonds. The van der Waals surface area contributed by atoms with Crippen molar-refractivity contribution in [3.63, 3.8) is 0 Å². The Morgan fingerprint density at radius 3 is 2.77 bits per heavy atom. The van der Waals surface area contributed by atoms with Gasteiger partial charge in [-0.15, -0.1) is 0 Å². The number of carbonyl (C=O) groups is 1. The van der Waals surface area contributed by atoms with E-state index in [1.807, 2.05) is 29.8 Å². The summed E-state index contributed by atoms with van der Waals surface area (Å²) < 4.78 is 2.01. The average Bonchev–Trinajstić information content (AvgIpc) is 3.20. The summed E-state index contributed by atoms with van der Waals surface area (Å²) in [5.41, 5.74) is 10.7. The Hall–Kier alpha value is -2.18. The maximum atomic E-state index is 12.4. The van der Waals surface area contributed by atoms with E-state index in [0.29, 0.717) is 12.6 Å². The molecule has 140 valence electrons. The van der Waals surface area contributed by atoms with E-state index in [4.69, 9.17) is 0 Å². The van der Waals surface area contributed by atoms with Crippen LogP contribution in [0.25, 0.3) is 0 Å². The molecule has 1 aliphatic rings. The highest BCUT2D eigenvalue weighted by atomic mass is 16.2. The number of hydrazine groups is 1. The molecule has 26 heavy (non-hydrogen) atoms. The van der Waals surface area contributed by atoms with Crippen LogP contribution in [0.3, 0.4) is 0 Å². The monoisotopic (exact) mass is 355 g/mol. The van der Waals surface area contributed by atoms with Crippen molar-refractivity contribution >= 4 is 5.91 Å². The summed E-state index contributed by atoms with van der Waals surface area (Å²) in [6.07, 6.45) is 3.04. The van der Waals surface area contributed by atoms with Crippen molar-refractivity contribution in [2.45, 2.75) is 65.2 Å². The molecule has 2 atom stereocenters. The number of aryl methyl sites for hydroxylation is 1. The molecule has 0 aliphatic carbocycles. The molecule has 3 rings (SSSR count). The molecule has 1 aromatic heterocycles. The number of nitrogens with zero attached hydrogens (tertiary/aromatic N) is 2. The lowest BCUT2D eigenvalue weighted by Crippen LogP contribution is -2.43. The summed E-state index contributed by atoms with van der Waals surface area (Å²) in [4.78, 5) is 12.4. The minimum Gasteiger partial charge on any atom is -0.350 e. The summed E-state index contributed by atoms with van der Waals surface area (Å²) >= 11 is 0. The fourth-order valence-corrected chi connectivity index (χ4v) is 3.53. The molecule has 3 N–H and O–H groups in total. The van der Waals surface area contributed by atoms with E-state index < -0.39 is 0 Å². The number of aromatic nitrogens is 2. The first kappa shape index (κ1) is 18.6. The highest BCUT2D eigenvalue weighted by Crippen LogP contribution is 2.15. The van der Waals surface area contributed by atoms with Gasteiger partial charge in [-0.2, -0.15) is 5.10 Å². The molecule has 0 saturated carbocycles. The van der Waals surface area contributed by atoms with Crippen molar-refractivity contribution in [1.82, 2.24) is 25.9 Å². The third kappa shape index (κ3) is 4.31. The molecule has 6 heteroatoms. The topological polar surface area (TPSA) is 71.0 Å². The fraction of sp³-hybridized carbons (Fsp3) is 0.500. The number of carbonyl (C=O) groups excluding carboxylic acids is 1.